The fourth-order valence-corrected chi connectivity index (χ4v) is 2.50. The van der Waals surface area contributed by atoms with Crippen molar-refractivity contribution in [2.75, 3.05) is 5.73 Å². The Balaban J connectivity index is 2.50. The Labute approximate surface area is 106 Å². The van der Waals surface area contributed by atoms with Gasteiger partial charge in [-0.25, -0.2) is 4.98 Å². The van der Waals surface area contributed by atoms with Crippen molar-refractivity contribution in [3.05, 3.63) is 29.7 Å². The normalized spacial score (nSPS) is 11.8. The van der Waals surface area contributed by atoms with Crippen LogP contribution in [0, 0.1) is 6.92 Å². The minimum atomic E-state index is 0.0557. The van der Waals surface area contributed by atoms with Crippen LogP contribution in [-0.4, -0.2) is 9.97 Å². The van der Waals surface area contributed by atoms with Gasteiger partial charge in [0.15, 0.2) is 5.13 Å². The number of thiazole rings is 1. The molecule has 0 aliphatic carbocycles. The van der Waals surface area contributed by atoms with Crippen LogP contribution in [0.2, 0.25) is 0 Å². The van der Waals surface area contributed by atoms with Gasteiger partial charge in [0.2, 0.25) is 0 Å². The second kappa shape index (κ2) is 4.11. The smallest absolute Gasteiger partial charge is 0.180 e. The minimum absolute atomic E-state index is 0.0557. The summed E-state index contributed by atoms with van der Waals surface area (Å²) in [5, 5.41) is 0.617. The third-order valence-corrected chi connectivity index (χ3v) is 3.64. The van der Waals surface area contributed by atoms with Gasteiger partial charge < -0.3 is 5.73 Å². The molecule has 2 aromatic heterocycles. The molecule has 4 heteroatoms. The van der Waals surface area contributed by atoms with Crippen LogP contribution in [0.4, 0.5) is 5.13 Å². The van der Waals surface area contributed by atoms with Gasteiger partial charge in [0.1, 0.15) is 0 Å². The van der Waals surface area contributed by atoms with Crippen molar-refractivity contribution < 1.29 is 0 Å². The number of aromatic nitrogens is 2. The zero-order valence-corrected chi connectivity index (χ0v) is 11.4. The first-order valence-electron chi connectivity index (χ1n) is 5.58. The van der Waals surface area contributed by atoms with E-state index in [1.54, 1.807) is 0 Å². The minimum Gasteiger partial charge on any atom is -0.375 e. The summed E-state index contributed by atoms with van der Waals surface area (Å²) in [7, 11) is 0. The molecule has 90 valence electrons. The molecule has 0 atom stereocenters. The Kier molecular flexibility index (Phi) is 2.91. The van der Waals surface area contributed by atoms with E-state index >= 15 is 0 Å². The summed E-state index contributed by atoms with van der Waals surface area (Å²) in [5.74, 6) is 0. The van der Waals surface area contributed by atoms with Crippen LogP contribution < -0.4 is 5.73 Å². The molecule has 2 rings (SSSR count). The zero-order valence-electron chi connectivity index (χ0n) is 10.6. The summed E-state index contributed by atoms with van der Waals surface area (Å²) in [6.45, 7) is 8.46. The fourth-order valence-electron chi connectivity index (χ4n) is 1.67. The quantitative estimate of drug-likeness (QED) is 0.840. The number of aryl methyl sites for hydroxylation is 1. The maximum Gasteiger partial charge on any atom is 0.180 e. The van der Waals surface area contributed by atoms with Crippen LogP contribution in [0.1, 0.15) is 32.2 Å². The monoisotopic (exact) mass is 247 g/mol. The molecule has 0 bridgehead atoms. The van der Waals surface area contributed by atoms with Gasteiger partial charge in [-0.2, -0.15) is 0 Å². The molecule has 0 aliphatic rings. The van der Waals surface area contributed by atoms with Crippen LogP contribution >= 0.6 is 11.3 Å². The summed E-state index contributed by atoms with van der Waals surface area (Å²) < 4.78 is 0. The third-order valence-electron chi connectivity index (χ3n) is 2.60. The summed E-state index contributed by atoms with van der Waals surface area (Å²) in [5.41, 5.74) is 9.01. The van der Waals surface area contributed by atoms with Crippen LogP contribution in [0.25, 0.3) is 10.4 Å². The van der Waals surface area contributed by atoms with Gasteiger partial charge in [0.25, 0.3) is 0 Å². The first-order chi connectivity index (χ1) is 7.88. The molecule has 0 saturated heterocycles. The number of nitrogens with zero attached hydrogens (tertiary/aromatic N) is 2. The van der Waals surface area contributed by atoms with Crippen LogP contribution in [0.3, 0.4) is 0 Å². The first-order valence-corrected chi connectivity index (χ1v) is 6.39. The molecular formula is C13H17N3S. The lowest BCUT2D eigenvalue weighted by Gasteiger charge is -2.18. The van der Waals surface area contributed by atoms with Gasteiger partial charge in [0.05, 0.1) is 10.6 Å². The molecule has 0 spiro atoms. The summed E-state index contributed by atoms with van der Waals surface area (Å²) >= 11 is 1.53. The third kappa shape index (κ3) is 2.47. The second-order valence-electron chi connectivity index (χ2n) is 5.15. The standard InChI is InChI=1S/C13H17N3S/c1-8-11(17-12(14)16-8)9-5-6-15-10(7-9)13(2,3)4/h5-7H,1-4H3,(H2,14,16). The lowest BCUT2D eigenvalue weighted by molar-refractivity contribution is 0.569. The number of nitrogen functional groups attached to an aromatic ring is 1. The maximum absolute atomic E-state index is 5.73. The molecule has 0 aromatic carbocycles. The lowest BCUT2D eigenvalue weighted by Crippen LogP contribution is -2.13. The topological polar surface area (TPSA) is 51.8 Å². The maximum atomic E-state index is 5.73. The lowest BCUT2D eigenvalue weighted by atomic mass is 9.90. The van der Waals surface area contributed by atoms with Gasteiger partial charge in [-0.15, -0.1) is 0 Å². The largest absolute Gasteiger partial charge is 0.375 e. The molecule has 0 amide bonds. The second-order valence-corrected chi connectivity index (χ2v) is 6.18. The molecule has 0 saturated carbocycles. The van der Waals surface area contributed by atoms with Gasteiger partial charge in [-0.3, -0.25) is 4.98 Å². The van der Waals surface area contributed by atoms with E-state index < -0.39 is 0 Å². The zero-order chi connectivity index (χ0) is 12.6. The van der Waals surface area contributed by atoms with Crippen molar-refractivity contribution in [3.8, 4) is 10.4 Å². The van der Waals surface area contributed by atoms with Crippen molar-refractivity contribution >= 4 is 16.5 Å². The van der Waals surface area contributed by atoms with E-state index in [1.807, 2.05) is 19.2 Å². The van der Waals surface area contributed by atoms with Gasteiger partial charge in [-0.1, -0.05) is 32.1 Å². The Morgan fingerprint density at radius 2 is 2.00 bits per heavy atom. The Hall–Kier alpha value is -1.42. The van der Waals surface area contributed by atoms with Crippen molar-refractivity contribution in [2.24, 2.45) is 0 Å². The van der Waals surface area contributed by atoms with Gasteiger partial charge >= 0.3 is 0 Å². The van der Waals surface area contributed by atoms with Crippen molar-refractivity contribution in [2.45, 2.75) is 33.1 Å². The molecule has 2 N–H and O–H groups in total. The Bertz CT molecular complexity index is 538. The summed E-state index contributed by atoms with van der Waals surface area (Å²) in [6, 6.07) is 4.13. The van der Waals surface area contributed by atoms with E-state index in [9.17, 15) is 0 Å². The molecule has 0 unspecified atom stereocenters. The van der Waals surface area contributed by atoms with E-state index in [-0.39, 0.29) is 5.41 Å². The van der Waals surface area contributed by atoms with Crippen molar-refractivity contribution in [3.63, 3.8) is 0 Å². The van der Waals surface area contributed by atoms with E-state index in [2.05, 4.69) is 36.8 Å². The van der Waals surface area contributed by atoms with E-state index in [0.29, 0.717) is 5.13 Å². The number of rotatable bonds is 1. The van der Waals surface area contributed by atoms with E-state index in [4.69, 9.17) is 5.73 Å². The molecule has 17 heavy (non-hydrogen) atoms. The number of nitrogens with two attached hydrogens (primary N) is 1. The fraction of sp³-hybridized carbons (Fsp3) is 0.385. The Morgan fingerprint density at radius 1 is 1.29 bits per heavy atom. The molecule has 0 aliphatic heterocycles. The highest BCUT2D eigenvalue weighted by Gasteiger charge is 2.17. The van der Waals surface area contributed by atoms with E-state index in [0.717, 1.165) is 21.8 Å². The van der Waals surface area contributed by atoms with Crippen LogP contribution in [0.5, 0.6) is 0 Å². The van der Waals surface area contributed by atoms with Crippen LogP contribution in [0.15, 0.2) is 18.3 Å². The first kappa shape index (κ1) is 12.0. The predicted octanol–water partition coefficient (Wildman–Crippen LogP) is 3.39. The van der Waals surface area contributed by atoms with Crippen molar-refractivity contribution in [1.82, 2.24) is 9.97 Å². The number of hydrogen-bond acceptors (Lipinski definition) is 4. The molecule has 0 fully saturated rings. The molecule has 2 heterocycles. The van der Waals surface area contributed by atoms with Crippen molar-refractivity contribution in [1.29, 1.82) is 0 Å². The molecular weight excluding hydrogens is 230 g/mol. The summed E-state index contributed by atoms with van der Waals surface area (Å²) in [6.07, 6.45) is 1.85. The Morgan fingerprint density at radius 3 is 2.53 bits per heavy atom. The van der Waals surface area contributed by atoms with E-state index in [1.165, 1.54) is 11.3 Å². The van der Waals surface area contributed by atoms with Gasteiger partial charge in [-0.05, 0) is 24.6 Å². The highest BCUT2D eigenvalue weighted by atomic mass is 32.1. The predicted molar refractivity (Wildman–Crippen MR) is 73.2 cm³/mol. The SMILES string of the molecule is Cc1nc(N)sc1-c1ccnc(C(C)(C)C)c1. The number of hydrogen-bond donors (Lipinski definition) is 1. The average molecular weight is 247 g/mol. The molecule has 0 radical (unpaired) electrons. The van der Waals surface area contributed by atoms with Crippen LogP contribution in [-0.2, 0) is 5.41 Å². The molecule has 3 nitrogen and oxygen atoms in total. The number of pyridine rings is 1. The highest BCUT2D eigenvalue weighted by molar-refractivity contribution is 7.18. The average Bonchev–Trinajstić information content (AvgIpc) is 2.57. The number of anilines is 1. The molecule has 2 aromatic rings. The van der Waals surface area contributed by atoms with Gasteiger partial charge in [0, 0.05) is 17.3 Å². The summed E-state index contributed by atoms with van der Waals surface area (Å²) in [4.78, 5) is 9.82. The highest BCUT2D eigenvalue weighted by Crippen LogP contribution is 2.32.